The predicted molar refractivity (Wildman–Crippen MR) is 154 cm³/mol. The minimum Gasteiger partial charge on any atom is -0.378 e. The SMILES string of the molecule is Cc1ccccc1[C@H]1SCC(=O)N(CC(=O)N2CCOCC2)c2c1c(-c1ccccc1)nn2-c1ccc(F)cc1. The van der Waals surface area contributed by atoms with Gasteiger partial charge in [-0.2, -0.15) is 5.10 Å². The summed E-state index contributed by atoms with van der Waals surface area (Å²) in [5, 5.41) is 4.84. The lowest BCUT2D eigenvalue weighted by Crippen LogP contribution is -2.48. The number of fused-ring (bicyclic) bond motifs is 1. The average Bonchev–Trinajstić information content (AvgIpc) is 3.31. The molecule has 1 atom stereocenters. The molecular weight excluding hydrogens is 527 g/mol. The number of benzene rings is 3. The fourth-order valence-corrected chi connectivity index (χ4v) is 6.56. The van der Waals surface area contributed by atoms with Gasteiger partial charge in [0.05, 0.1) is 35.6 Å². The standard InChI is InChI=1S/C31H29FN4O3S/c1-21-7-5-6-10-25(21)30-28-29(22-8-3-2-4-9-22)33-36(24-13-11-23(32)12-14-24)31(28)35(27(38)20-40-30)19-26(37)34-15-17-39-18-16-34/h2-14,30H,15-20H2,1H3/t30-/m1/s1. The molecule has 0 aliphatic carbocycles. The van der Waals surface area contributed by atoms with E-state index in [1.165, 1.54) is 23.9 Å². The van der Waals surface area contributed by atoms with Gasteiger partial charge in [0.1, 0.15) is 18.2 Å². The van der Waals surface area contributed by atoms with Crippen LogP contribution >= 0.6 is 11.8 Å². The molecule has 9 heteroatoms. The van der Waals surface area contributed by atoms with Gasteiger partial charge in [0.15, 0.2) is 0 Å². The third-order valence-corrected chi connectivity index (χ3v) is 8.57. The summed E-state index contributed by atoms with van der Waals surface area (Å²) in [5.74, 6) is 0.0492. The topological polar surface area (TPSA) is 67.7 Å². The molecule has 7 nitrogen and oxygen atoms in total. The molecular formula is C31H29FN4O3S. The van der Waals surface area contributed by atoms with Gasteiger partial charge in [-0.3, -0.25) is 14.5 Å². The Labute approximate surface area is 236 Å². The summed E-state index contributed by atoms with van der Waals surface area (Å²) >= 11 is 1.54. The first-order chi connectivity index (χ1) is 19.5. The van der Waals surface area contributed by atoms with Crippen molar-refractivity contribution in [3.05, 3.63) is 101 Å². The number of anilines is 1. The van der Waals surface area contributed by atoms with Crippen LogP contribution < -0.4 is 4.90 Å². The number of aryl methyl sites for hydroxylation is 1. The number of morpholine rings is 1. The molecule has 0 unspecified atom stereocenters. The van der Waals surface area contributed by atoms with E-state index in [0.29, 0.717) is 37.8 Å². The first kappa shape index (κ1) is 26.3. The molecule has 0 spiro atoms. The second-order valence-electron chi connectivity index (χ2n) is 9.86. The Balaban J connectivity index is 1.59. The zero-order valence-electron chi connectivity index (χ0n) is 22.1. The lowest BCUT2D eigenvalue weighted by Gasteiger charge is -2.30. The second-order valence-corrected chi connectivity index (χ2v) is 11.0. The lowest BCUT2D eigenvalue weighted by atomic mass is 9.97. The van der Waals surface area contributed by atoms with Crippen LogP contribution in [0.2, 0.25) is 0 Å². The van der Waals surface area contributed by atoms with Gasteiger partial charge in [-0.1, -0.05) is 54.6 Å². The van der Waals surface area contributed by atoms with Crippen LogP contribution in [0.5, 0.6) is 0 Å². The maximum absolute atomic E-state index is 14.0. The number of rotatable bonds is 5. The molecule has 2 aliphatic rings. The van der Waals surface area contributed by atoms with Crippen molar-refractivity contribution >= 4 is 29.4 Å². The quantitative estimate of drug-likeness (QED) is 0.346. The lowest BCUT2D eigenvalue weighted by molar-refractivity contribution is -0.134. The third kappa shape index (κ3) is 5.02. The van der Waals surface area contributed by atoms with Gasteiger partial charge in [0, 0.05) is 24.2 Å². The van der Waals surface area contributed by atoms with Crippen molar-refractivity contribution in [1.82, 2.24) is 14.7 Å². The van der Waals surface area contributed by atoms with Crippen LogP contribution in [-0.2, 0) is 14.3 Å². The summed E-state index contributed by atoms with van der Waals surface area (Å²) in [6.07, 6.45) is 0. The molecule has 0 saturated carbocycles. The van der Waals surface area contributed by atoms with Crippen LogP contribution in [0.4, 0.5) is 10.2 Å². The van der Waals surface area contributed by atoms with Gasteiger partial charge in [-0.05, 0) is 42.3 Å². The van der Waals surface area contributed by atoms with Crippen LogP contribution in [0.15, 0.2) is 78.9 Å². The van der Waals surface area contributed by atoms with Crippen LogP contribution in [0.1, 0.15) is 21.9 Å². The van der Waals surface area contributed by atoms with Gasteiger partial charge < -0.3 is 9.64 Å². The van der Waals surface area contributed by atoms with E-state index in [4.69, 9.17) is 9.84 Å². The second kappa shape index (κ2) is 11.3. The Morgan fingerprint density at radius 1 is 1.00 bits per heavy atom. The minimum absolute atomic E-state index is 0.117. The highest BCUT2D eigenvalue weighted by Gasteiger charge is 2.38. The van der Waals surface area contributed by atoms with Crippen molar-refractivity contribution < 1.29 is 18.7 Å². The minimum atomic E-state index is -0.367. The fourth-order valence-electron chi connectivity index (χ4n) is 5.27. The van der Waals surface area contributed by atoms with E-state index < -0.39 is 0 Å². The molecule has 3 aromatic carbocycles. The summed E-state index contributed by atoms with van der Waals surface area (Å²) in [4.78, 5) is 30.7. The molecule has 40 heavy (non-hydrogen) atoms. The average molecular weight is 557 g/mol. The molecule has 4 aromatic rings. The fraction of sp³-hybridized carbons (Fsp3) is 0.258. The van der Waals surface area contributed by atoms with Crippen LogP contribution in [0.3, 0.4) is 0 Å². The monoisotopic (exact) mass is 556 g/mol. The molecule has 6 rings (SSSR count). The number of nitrogens with zero attached hydrogens (tertiary/aromatic N) is 4. The highest BCUT2D eigenvalue weighted by molar-refractivity contribution is 8.00. The van der Waals surface area contributed by atoms with Crippen molar-refractivity contribution in [2.75, 3.05) is 43.5 Å². The Morgan fingerprint density at radius 3 is 2.42 bits per heavy atom. The highest BCUT2D eigenvalue weighted by atomic mass is 32.2. The number of halogens is 1. The number of carbonyl (C=O) groups is 2. The number of thioether (sulfide) groups is 1. The normalized spacial score (nSPS) is 17.4. The molecule has 1 fully saturated rings. The van der Waals surface area contributed by atoms with Crippen molar-refractivity contribution in [2.45, 2.75) is 12.2 Å². The van der Waals surface area contributed by atoms with E-state index in [1.54, 1.807) is 26.6 Å². The molecule has 1 saturated heterocycles. The van der Waals surface area contributed by atoms with Crippen LogP contribution in [-0.4, -0.2) is 65.1 Å². The number of ether oxygens (including phenoxy) is 1. The predicted octanol–water partition coefficient (Wildman–Crippen LogP) is 5.01. The molecule has 204 valence electrons. The van der Waals surface area contributed by atoms with Gasteiger partial charge in [0.2, 0.25) is 11.8 Å². The van der Waals surface area contributed by atoms with Crippen LogP contribution in [0.25, 0.3) is 16.9 Å². The van der Waals surface area contributed by atoms with Gasteiger partial charge in [0.25, 0.3) is 0 Å². The van der Waals surface area contributed by atoms with E-state index in [-0.39, 0.29) is 35.2 Å². The number of amides is 2. The van der Waals surface area contributed by atoms with Crippen molar-refractivity contribution in [2.24, 2.45) is 0 Å². The summed E-state index contributed by atoms with van der Waals surface area (Å²) in [6, 6.07) is 24.0. The van der Waals surface area contributed by atoms with Gasteiger partial charge in [-0.15, -0.1) is 11.8 Å². The van der Waals surface area contributed by atoms with Crippen molar-refractivity contribution in [3.63, 3.8) is 0 Å². The number of aromatic nitrogens is 2. The Kier molecular flexibility index (Phi) is 7.40. The zero-order valence-corrected chi connectivity index (χ0v) is 22.9. The van der Waals surface area contributed by atoms with E-state index >= 15 is 0 Å². The molecule has 2 aliphatic heterocycles. The molecule has 2 amide bonds. The first-order valence-corrected chi connectivity index (χ1v) is 14.3. The number of carbonyl (C=O) groups excluding carboxylic acids is 2. The van der Waals surface area contributed by atoms with E-state index in [1.807, 2.05) is 42.5 Å². The molecule has 0 N–H and O–H groups in total. The Hall–Kier alpha value is -3.95. The molecule has 1 aromatic heterocycles. The summed E-state index contributed by atoms with van der Waals surface area (Å²) in [5.41, 5.74) is 5.26. The zero-order chi connectivity index (χ0) is 27.6. The molecule has 0 radical (unpaired) electrons. The highest BCUT2D eigenvalue weighted by Crippen LogP contribution is 2.49. The number of hydrogen-bond donors (Lipinski definition) is 0. The summed E-state index contributed by atoms with van der Waals surface area (Å²) < 4.78 is 21.1. The smallest absolute Gasteiger partial charge is 0.242 e. The van der Waals surface area contributed by atoms with Gasteiger partial charge >= 0.3 is 0 Å². The largest absolute Gasteiger partial charge is 0.378 e. The summed E-state index contributed by atoms with van der Waals surface area (Å²) in [7, 11) is 0. The van der Waals surface area contributed by atoms with Crippen LogP contribution in [0, 0.1) is 12.7 Å². The maximum atomic E-state index is 14.0. The van der Waals surface area contributed by atoms with E-state index in [9.17, 15) is 14.0 Å². The third-order valence-electron chi connectivity index (χ3n) is 7.34. The van der Waals surface area contributed by atoms with Crippen molar-refractivity contribution in [3.8, 4) is 16.9 Å². The maximum Gasteiger partial charge on any atom is 0.242 e. The Morgan fingerprint density at radius 2 is 1.70 bits per heavy atom. The summed E-state index contributed by atoms with van der Waals surface area (Å²) in [6.45, 7) is 3.87. The van der Waals surface area contributed by atoms with Gasteiger partial charge in [-0.25, -0.2) is 9.07 Å². The number of hydrogen-bond acceptors (Lipinski definition) is 5. The van der Waals surface area contributed by atoms with E-state index in [2.05, 4.69) is 19.1 Å². The Bertz CT molecular complexity index is 1530. The van der Waals surface area contributed by atoms with Crippen molar-refractivity contribution in [1.29, 1.82) is 0 Å². The molecule has 3 heterocycles. The first-order valence-electron chi connectivity index (χ1n) is 13.3. The van der Waals surface area contributed by atoms with E-state index in [0.717, 1.165) is 27.9 Å². The molecule has 0 bridgehead atoms.